The molecule has 0 aliphatic carbocycles. The van der Waals surface area contributed by atoms with Gasteiger partial charge in [0, 0.05) is 23.8 Å². The fraction of sp³-hybridized carbons (Fsp3) is 0.308. The lowest BCUT2D eigenvalue weighted by Crippen LogP contribution is -2.08. The summed E-state index contributed by atoms with van der Waals surface area (Å²) in [6, 6.07) is 5.19. The molecule has 0 amide bonds. The third-order valence-corrected chi connectivity index (χ3v) is 3.04. The van der Waals surface area contributed by atoms with Gasteiger partial charge in [0.2, 0.25) is 0 Å². The van der Waals surface area contributed by atoms with E-state index in [-0.39, 0.29) is 12.4 Å². The maximum atomic E-state index is 11.3. The molecule has 1 aromatic carbocycles. The number of hydrogen-bond donors (Lipinski definition) is 2. The van der Waals surface area contributed by atoms with Gasteiger partial charge in [0.25, 0.3) is 0 Å². The number of hydrogen-bond acceptors (Lipinski definition) is 4. The minimum absolute atomic E-state index is 0.144. The van der Waals surface area contributed by atoms with Crippen LogP contribution in [0.1, 0.15) is 18.1 Å². The van der Waals surface area contributed by atoms with Gasteiger partial charge < -0.3 is 19.0 Å². The molecule has 7 heteroatoms. The molecule has 0 unspecified atom stereocenters. The predicted octanol–water partition coefficient (Wildman–Crippen LogP) is 2.24. The van der Waals surface area contributed by atoms with Gasteiger partial charge in [-0.2, -0.15) is 0 Å². The quantitative estimate of drug-likeness (QED) is 0.476. The van der Waals surface area contributed by atoms with E-state index in [9.17, 15) is 14.6 Å². The lowest BCUT2D eigenvalue weighted by Gasteiger charge is -2.14. The summed E-state index contributed by atoms with van der Waals surface area (Å²) in [5.41, 5.74) is 1.99. The van der Waals surface area contributed by atoms with E-state index in [0.717, 1.165) is 5.56 Å². The van der Waals surface area contributed by atoms with Crippen LogP contribution in [0.15, 0.2) is 30.4 Å². The Labute approximate surface area is 123 Å². The van der Waals surface area contributed by atoms with Crippen molar-refractivity contribution in [3.05, 3.63) is 41.5 Å². The van der Waals surface area contributed by atoms with Crippen molar-refractivity contribution in [2.24, 2.45) is 0 Å². The molecule has 0 spiro atoms. The van der Waals surface area contributed by atoms with E-state index in [4.69, 9.17) is 9.26 Å². The molecule has 2 N–H and O–H groups in total. The average molecular weight is 316 g/mol. The maximum absolute atomic E-state index is 11.3. The Morgan fingerprint density at radius 3 is 2.65 bits per heavy atom. The van der Waals surface area contributed by atoms with Gasteiger partial charge >= 0.3 is 12.7 Å². The van der Waals surface area contributed by atoms with Crippen molar-refractivity contribution in [1.82, 2.24) is 0 Å². The van der Waals surface area contributed by atoms with Crippen LogP contribution in [0, 0.1) is 6.92 Å². The Balaban J connectivity index is 2.77. The number of esters is 1. The molecular formula is C13H17O5PS. The zero-order valence-electron chi connectivity index (χ0n) is 11.3. The van der Waals surface area contributed by atoms with Crippen molar-refractivity contribution >= 4 is 24.5 Å². The summed E-state index contributed by atoms with van der Waals surface area (Å²) in [4.78, 5) is 29.7. The SMILES string of the molecule is C=C(C)C(=O)OCCc1cc(C)ccc1OP(O)(O)=S. The molecule has 0 bridgehead atoms. The minimum Gasteiger partial charge on any atom is -0.462 e. The summed E-state index contributed by atoms with van der Waals surface area (Å²) in [6.45, 7) is 3.30. The highest BCUT2D eigenvalue weighted by molar-refractivity contribution is 8.06. The maximum Gasteiger partial charge on any atom is 0.375 e. The van der Waals surface area contributed by atoms with Crippen LogP contribution in [0.25, 0.3) is 0 Å². The van der Waals surface area contributed by atoms with Gasteiger partial charge in [-0.05, 0) is 25.5 Å². The second-order valence-corrected chi connectivity index (χ2v) is 6.95. The minimum atomic E-state index is -3.79. The molecule has 110 valence electrons. The van der Waals surface area contributed by atoms with Crippen LogP contribution in [-0.2, 0) is 27.8 Å². The molecule has 0 fully saturated rings. The van der Waals surface area contributed by atoms with E-state index in [1.807, 2.05) is 13.0 Å². The predicted molar refractivity (Wildman–Crippen MR) is 80.0 cm³/mol. The summed E-state index contributed by atoms with van der Waals surface area (Å²) in [5.74, 6) is -0.176. The summed E-state index contributed by atoms with van der Waals surface area (Å²) in [6.07, 6.45) is 0.380. The van der Waals surface area contributed by atoms with Crippen LogP contribution in [0.2, 0.25) is 0 Å². The van der Waals surface area contributed by atoms with Gasteiger partial charge in [0.15, 0.2) is 0 Å². The van der Waals surface area contributed by atoms with Crippen LogP contribution < -0.4 is 4.52 Å². The van der Waals surface area contributed by atoms with Crippen molar-refractivity contribution < 1.29 is 23.8 Å². The van der Waals surface area contributed by atoms with Crippen LogP contribution in [0.4, 0.5) is 0 Å². The van der Waals surface area contributed by atoms with Crippen molar-refractivity contribution in [3.8, 4) is 5.75 Å². The Kier molecular flexibility index (Phi) is 5.89. The number of carbonyl (C=O) groups is 1. The Bertz CT molecular complexity index is 564. The smallest absolute Gasteiger partial charge is 0.375 e. The molecule has 0 aliphatic heterocycles. The first-order valence-electron chi connectivity index (χ1n) is 5.86. The molecule has 1 aromatic rings. The van der Waals surface area contributed by atoms with E-state index >= 15 is 0 Å². The first kappa shape index (κ1) is 16.9. The van der Waals surface area contributed by atoms with Gasteiger partial charge in [-0.3, -0.25) is 0 Å². The Hall–Kier alpha value is -1.20. The average Bonchev–Trinajstić information content (AvgIpc) is 2.30. The van der Waals surface area contributed by atoms with E-state index in [2.05, 4.69) is 18.4 Å². The monoisotopic (exact) mass is 316 g/mol. The summed E-state index contributed by atoms with van der Waals surface area (Å²) in [5, 5.41) is 0. The van der Waals surface area contributed by atoms with Crippen molar-refractivity contribution in [1.29, 1.82) is 0 Å². The molecule has 0 aromatic heterocycles. The summed E-state index contributed by atoms with van der Waals surface area (Å²) < 4.78 is 9.97. The van der Waals surface area contributed by atoms with Crippen molar-refractivity contribution in [2.45, 2.75) is 20.3 Å². The van der Waals surface area contributed by atoms with E-state index in [1.165, 1.54) is 0 Å². The van der Waals surface area contributed by atoms with Crippen LogP contribution in [0.3, 0.4) is 0 Å². The molecule has 0 aliphatic rings. The molecule has 20 heavy (non-hydrogen) atoms. The molecule has 0 heterocycles. The van der Waals surface area contributed by atoms with E-state index in [0.29, 0.717) is 17.6 Å². The normalized spacial score (nSPS) is 11.0. The summed E-state index contributed by atoms with van der Waals surface area (Å²) in [7, 11) is 0. The molecule has 0 radical (unpaired) electrons. The molecule has 1 rings (SSSR count). The topological polar surface area (TPSA) is 76.0 Å². The zero-order valence-corrected chi connectivity index (χ0v) is 13.0. The zero-order chi connectivity index (χ0) is 15.3. The van der Waals surface area contributed by atoms with E-state index < -0.39 is 12.7 Å². The van der Waals surface area contributed by atoms with E-state index in [1.54, 1.807) is 19.1 Å². The van der Waals surface area contributed by atoms with Gasteiger partial charge in [-0.1, -0.05) is 24.3 Å². The molecule has 0 saturated carbocycles. The Morgan fingerprint density at radius 1 is 1.45 bits per heavy atom. The van der Waals surface area contributed by atoms with Gasteiger partial charge in [0.05, 0.1) is 6.61 Å². The second kappa shape index (κ2) is 6.99. The number of rotatable bonds is 6. The highest BCUT2D eigenvalue weighted by Crippen LogP contribution is 2.39. The van der Waals surface area contributed by atoms with Crippen LogP contribution in [0.5, 0.6) is 5.75 Å². The molecule has 0 atom stereocenters. The first-order valence-corrected chi connectivity index (χ1v) is 8.49. The third-order valence-electron chi connectivity index (χ3n) is 2.39. The molecule has 5 nitrogen and oxygen atoms in total. The van der Waals surface area contributed by atoms with Gasteiger partial charge in [-0.25, -0.2) is 4.79 Å². The Morgan fingerprint density at radius 2 is 2.10 bits per heavy atom. The standard InChI is InChI=1S/C13H17O5PS/c1-9(2)13(14)17-7-6-11-8-10(3)4-5-12(11)18-19(15,16)20/h4-5,8H,1,6-7H2,2-3H3,(H2,15,16,20). The van der Waals surface area contributed by atoms with Crippen LogP contribution in [-0.4, -0.2) is 22.4 Å². The first-order chi connectivity index (χ1) is 9.19. The molecular weight excluding hydrogens is 299 g/mol. The lowest BCUT2D eigenvalue weighted by molar-refractivity contribution is -0.138. The van der Waals surface area contributed by atoms with Gasteiger partial charge in [-0.15, -0.1) is 0 Å². The lowest BCUT2D eigenvalue weighted by atomic mass is 10.1. The van der Waals surface area contributed by atoms with Gasteiger partial charge in [0.1, 0.15) is 5.75 Å². The van der Waals surface area contributed by atoms with Crippen molar-refractivity contribution in [2.75, 3.05) is 6.61 Å². The highest BCUT2D eigenvalue weighted by atomic mass is 32.5. The van der Waals surface area contributed by atoms with Crippen molar-refractivity contribution in [3.63, 3.8) is 0 Å². The molecule has 0 saturated heterocycles. The fourth-order valence-corrected chi connectivity index (χ4v) is 2.17. The highest BCUT2D eigenvalue weighted by Gasteiger charge is 2.14. The second-order valence-electron chi connectivity index (χ2n) is 4.36. The van der Waals surface area contributed by atoms with Crippen LogP contribution >= 0.6 is 6.72 Å². The summed E-state index contributed by atoms with van der Waals surface area (Å²) >= 11 is 4.45. The largest absolute Gasteiger partial charge is 0.462 e. The third kappa shape index (κ3) is 5.84. The number of carbonyl (C=O) groups excluding carboxylic acids is 1. The fourth-order valence-electron chi connectivity index (χ4n) is 1.50. The number of ether oxygens (including phenoxy) is 1. The number of aryl methyl sites for hydroxylation is 1. The number of benzene rings is 1.